The topological polar surface area (TPSA) is 216 Å². The predicted octanol–water partition coefficient (Wildman–Crippen LogP) is 10.6. The van der Waals surface area contributed by atoms with E-state index in [0.717, 1.165) is 70.6 Å². The first-order valence-electron chi connectivity index (χ1n) is 22.3. The van der Waals surface area contributed by atoms with E-state index < -0.39 is 72.3 Å². The minimum atomic E-state index is -4.89. The molecule has 0 saturated carbocycles. The van der Waals surface area contributed by atoms with E-state index in [9.17, 15) is 33.8 Å². The summed E-state index contributed by atoms with van der Waals surface area (Å²) in [7, 11) is -9.74. The van der Waals surface area contributed by atoms with Crippen LogP contribution in [0.2, 0.25) is 0 Å². The number of esters is 2. The third-order valence-electron chi connectivity index (χ3n) is 8.43. The van der Waals surface area contributed by atoms with Crippen molar-refractivity contribution in [2.45, 2.75) is 141 Å². The molecule has 0 radical (unpaired) electrons. The summed E-state index contributed by atoms with van der Waals surface area (Å²) in [5.41, 5.74) is 0. The summed E-state index contributed by atoms with van der Waals surface area (Å²) in [5.74, 6) is -1.19. The van der Waals surface area contributed by atoms with Crippen molar-refractivity contribution in [3.05, 3.63) is 122 Å². The van der Waals surface area contributed by atoms with Gasteiger partial charge in [0.05, 0.1) is 25.9 Å². The second kappa shape index (κ2) is 42.1. The summed E-state index contributed by atoms with van der Waals surface area (Å²) in [6.45, 7) is 1.29. The molecular formula is C48H76O14P2. The molecule has 0 rings (SSSR count). The first kappa shape index (κ1) is 60.5. The zero-order valence-corrected chi connectivity index (χ0v) is 39.7. The highest BCUT2D eigenvalue weighted by Crippen LogP contribution is 2.43. The van der Waals surface area contributed by atoms with Crippen LogP contribution in [0.4, 0.5) is 0 Å². The summed E-state index contributed by atoms with van der Waals surface area (Å²) < 4.78 is 47.7. The Balaban J connectivity index is 4.73. The van der Waals surface area contributed by atoms with Gasteiger partial charge in [-0.1, -0.05) is 148 Å². The van der Waals surface area contributed by atoms with Gasteiger partial charge < -0.3 is 34.4 Å². The zero-order valence-electron chi connectivity index (χ0n) is 37.9. The lowest BCUT2D eigenvalue weighted by molar-refractivity contribution is -0.161. The van der Waals surface area contributed by atoms with Gasteiger partial charge in [0.25, 0.3) is 0 Å². The molecule has 0 amide bonds. The molecule has 0 aliphatic carbocycles. The average Bonchev–Trinajstić information content (AvgIpc) is 3.25. The van der Waals surface area contributed by atoms with Gasteiger partial charge in [-0.25, -0.2) is 9.13 Å². The highest BCUT2D eigenvalue weighted by molar-refractivity contribution is 7.47. The molecule has 0 fully saturated rings. The number of carbonyl (C=O) groups is 2. The van der Waals surface area contributed by atoms with Gasteiger partial charge in [0, 0.05) is 12.8 Å². The second-order valence-electron chi connectivity index (χ2n) is 14.4. The number of hydrogen-bond donors (Lipinski definition) is 5. The fourth-order valence-electron chi connectivity index (χ4n) is 5.09. The highest BCUT2D eigenvalue weighted by atomic mass is 31.2. The SMILES string of the molecule is CC/C=C\C/C=C\C/C=C\C/C=C\CCCCCCC(=O)OC[C@H](COP(=O)(O)OC[C@@H](O)COP(=O)(O)O)OC(=O)CC/C=C\C/C=C\C/C=C\C/C=C/C=C/C(O)C/C=C\CC. The maximum absolute atomic E-state index is 12.7. The standard InChI is InChI=1S/C48H76O14P2/c1-3-5-7-8-9-10-11-12-13-14-15-18-21-24-27-30-34-38-47(51)58-42-46(43-61-64(56,57)60-41-45(50)40-59-63(53,54)55)62-48(52)39-35-31-28-25-22-19-16-17-20-23-26-29-33-37-44(49)36-32-6-4-2/h5-7,9-10,12-13,15,17-20,22,26,28-29,31-33,37,44-46,49-50H,3-4,8,11,14,16,21,23-25,27,30,34-36,38-43H2,1-2H3,(H,56,57)(H2,53,54,55)/b7-5-,10-9-,13-12-,18-15-,20-17-,22-19-,29-26+,31-28-,32-6-,37-33+/t44?,45-,46+/m0/s1. The minimum absolute atomic E-state index is 0.0229. The number of aliphatic hydroxyl groups excluding tert-OH is 2. The molecule has 5 N–H and O–H groups in total. The molecule has 0 aromatic carbocycles. The van der Waals surface area contributed by atoms with Gasteiger partial charge in [-0.15, -0.1) is 0 Å². The van der Waals surface area contributed by atoms with E-state index in [2.05, 4.69) is 83.7 Å². The van der Waals surface area contributed by atoms with E-state index in [-0.39, 0.29) is 12.8 Å². The third-order valence-corrected chi connectivity index (χ3v) is 9.87. The Morgan fingerprint density at radius 2 is 1.02 bits per heavy atom. The van der Waals surface area contributed by atoms with Crippen molar-refractivity contribution in [3.8, 4) is 0 Å². The summed E-state index contributed by atoms with van der Waals surface area (Å²) in [5, 5.41) is 19.6. The lowest BCUT2D eigenvalue weighted by atomic mass is 10.1. The van der Waals surface area contributed by atoms with E-state index in [0.29, 0.717) is 25.7 Å². The molecule has 0 bridgehead atoms. The van der Waals surface area contributed by atoms with Crippen LogP contribution in [0.3, 0.4) is 0 Å². The number of phosphoric ester groups is 2. The molecule has 0 saturated heterocycles. The summed E-state index contributed by atoms with van der Waals surface area (Å²) >= 11 is 0. The van der Waals surface area contributed by atoms with Crippen molar-refractivity contribution in [1.29, 1.82) is 0 Å². The lowest BCUT2D eigenvalue weighted by Crippen LogP contribution is -2.29. The molecule has 0 aromatic heterocycles. The number of hydrogen-bond acceptors (Lipinski definition) is 11. The lowest BCUT2D eigenvalue weighted by Gasteiger charge is -2.20. The molecule has 2 unspecified atom stereocenters. The largest absolute Gasteiger partial charge is 0.472 e. The van der Waals surface area contributed by atoms with Crippen molar-refractivity contribution in [2.24, 2.45) is 0 Å². The zero-order chi connectivity index (χ0) is 47.4. The molecule has 64 heavy (non-hydrogen) atoms. The van der Waals surface area contributed by atoms with Gasteiger partial charge in [0.2, 0.25) is 0 Å². The van der Waals surface area contributed by atoms with Crippen LogP contribution in [-0.2, 0) is 41.8 Å². The van der Waals surface area contributed by atoms with Crippen molar-refractivity contribution in [3.63, 3.8) is 0 Å². The maximum atomic E-state index is 12.7. The first-order valence-corrected chi connectivity index (χ1v) is 25.4. The van der Waals surface area contributed by atoms with E-state index >= 15 is 0 Å². The van der Waals surface area contributed by atoms with E-state index in [1.165, 1.54) is 0 Å². The van der Waals surface area contributed by atoms with Crippen LogP contribution in [0.5, 0.6) is 0 Å². The third kappa shape index (κ3) is 45.1. The van der Waals surface area contributed by atoms with E-state index in [1.54, 1.807) is 6.08 Å². The number of carbonyl (C=O) groups excluding carboxylic acids is 2. The van der Waals surface area contributed by atoms with Crippen LogP contribution in [0.25, 0.3) is 0 Å². The first-order chi connectivity index (χ1) is 30.8. The number of unbranched alkanes of at least 4 members (excludes halogenated alkanes) is 4. The average molecular weight is 939 g/mol. The van der Waals surface area contributed by atoms with Crippen LogP contribution < -0.4 is 0 Å². The summed E-state index contributed by atoms with van der Waals surface area (Å²) in [6, 6.07) is 0. The monoisotopic (exact) mass is 938 g/mol. The smallest absolute Gasteiger partial charge is 0.462 e. The van der Waals surface area contributed by atoms with Gasteiger partial charge in [-0.3, -0.25) is 23.2 Å². The van der Waals surface area contributed by atoms with Crippen molar-refractivity contribution in [2.75, 3.05) is 26.4 Å². The molecule has 0 spiro atoms. The second-order valence-corrected chi connectivity index (χ2v) is 17.1. The number of phosphoric acid groups is 2. The Morgan fingerprint density at radius 1 is 0.516 bits per heavy atom. The van der Waals surface area contributed by atoms with Crippen LogP contribution in [0.1, 0.15) is 123 Å². The van der Waals surface area contributed by atoms with Gasteiger partial charge in [0.1, 0.15) is 12.7 Å². The van der Waals surface area contributed by atoms with Gasteiger partial charge in [0.15, 0.2) is 6.10 Å². The molecule has 0 aliphatic heterocycles. The normalized spacial score (nSPS) is 15.5. The molecule has 0 aromatic rings. The van der Waals surface area contributed by atoms with Crippen LogP contribution >= 0.6 is 15.6 Å². The fourth-order valence-corrected chi connectivity index (χ4v) is 6.25. The quantitative estimate of drug-likeness (QED) is 0.0127. The Labute approximate surface area is 382 Å². The van der Waals surface area contributed by atoms with Gasteiger partial charge in [-0.2, -0.15) is 0 Å². The van der Waals surface area contributed by atoms with E-state index in [4.69, 9.17) is 23.8 Å². The Kier molecular flexibility index (Phi) is 39.8. The van der Waals surface area contributed by atoms with Crippen molar-refractivity contribution in [1.82, 2.24) is 0 Å². The predicted molar refractivity (Wildman–Crippen MR) is 254 cm³/mol. The van der Waals surface area contributed by atoms with Crippen LogP contribution in [0, 0.1) is 0 Å². The van der Waals surface area contributed by atoms with Gasteiger partial charge in [-0.05, 0) is 83.5 Å². The van der Waals surface area contributed by atoms with Crippen molar-refractivity contribution < 1.29 is 66.7 Å². The Bertz CT molecular complexity index is 1600. The minimum Gasteiger partial charge on any atom is -0.462 e. The van der Waals surface area contributed by atoms with Crippen LogP contribution in [0.15, 0.2) is 122 Å². The van der Waals surface area contributed by atoms with Gasteiger partial charge >= 0.3 is 27.6 Å². The molecule has 4 atom stereocenters. The molecule has 0 aliphatic rings. The molecule has 362 valence electrons. The fraction of sp³-hybridized carbons (Fsp3) is 0.542. The molecule has 16 heteroatoms. The Hall–Kier alpha value is -3.52. The number of ether oxygens (including phenoxy) is 2. The van der Waals surface area contributed by atoms with Crippen LogP contribution in [-0.4, -0.2) is 81.6 Å². The number of allylic oxidation sites excluding steroid dienone is 18. The molecule has 0 heterocycles. The summed E-state index contributed by atoms with van der Waals surface area (Å²) in [6.07, 6.45) is 49.6. The maximum Gasteiger partial charge on any atom is 0.472 e. The molecular weight excluding hydrogens is 862 g/mol. The molecule has 14 nitrogen and oxygen atoms in total. The van der Waals surface area contributed by atoms with E-state index in [1.807, 2.05) is 54.7 Å². The number of aliphatic hydroxyl groups is 2. The summed E-state index contributed by atoms with van der Waals surface area (Å²) in [4.78, 5) is 52.7. The highest BCUT2D eigenvalue weighted by Gasteiger charge is 2.28. The Morgan fingerprint density at radius 3 is 1.61 bits per heavy atom. The number of rotatable bonds is 40. The van der Waals surface area contributed by atoms with Crippen molar-refractivity contribution >= 4 is 27.6 Å².